The molecule has 2 amide bonds. The molecule has 2 aliphatic rings. The zero-order valence-corrected chi connectivity index (χ0v) is 22.5. The Kier molecular flexibility index (Phi) is 7.92. The Morgan fingerprint density at radius 3 is 2.62 bits per heavy atom. The van der Waals surface area contributed by atoms with Gasteiger partial charge in [0.2, 0.25) is 0 Å². The minimum atomic E-state index is -3.60. The lowest BCUT2D eigenvalue weighted by molar-refractivity contribution is 0.0563. The highest BCUT2D eigenvalue weighted by Crippen LogP contribution is 2.75. The van der Waals surface area contributed by atoms with Crippen LogP contribution in [0.25, 0.3) is 11.4 Å². The van der Waals surface area contributed by atoms with E-state index in [0.29, 0.717) is 65.9 Å². The zero-order chi connectivity index (χ0) is 28.5. The van der Waals surface area contributed by atoms with Crippen molar-refractivity contribution in [3.8, 4) is 11.4 Å². The molecular formula is C25H31F2N7O5S. The van der Waals surface area contributed by atoms with Crippen LogP contribution in [-0.4, -0.2) is 78.9 Å². The van der Waals surface area contributed by atoms with Gasteiger partial charge < -0.3 is 25.4 Å². The van der Waals surface area contributed by atoms with Crippen molar-refractivity contribution in [2.75, 3.05) is 43.1 Å². The van der Waals surface area contributed by atoms with Gasteiger partial charge in [0.05, 0.1) is 48.8 Å². The fourth-order valence-electron chi connectivity index (χ4n) is 4.66. The largest absolute Gasteiger partial charge is 0.395 e. The molecule has 12 nitrogen and oxygen atoms in total. The summed E-state index contributed by atoms with van der Waals surface area (Å²) in [5.74, 6) is 0.929. The molecule has 0 unspecified atom stereocenters. The number of hydrogen-bond donors (Lipinski definition) is 5. The number of alkyl halides is 2. The number of hydrogen-bond acceptors (Lipinski definition) is 9. The number of benzene rings is 1. The molecule has 1 saturated carbocycles. The number of aliphatic hydroxyl groups is 1. The first kappa shape index (κ1) is 28.2. The Bertz CT molecular complexity index is 1350. The molecule has 1 aliphatic heterocycles. The lowest BCUT2D eigenvalue weighted by Crippen LogP contribution is -2.44. The van der Waals surface area contributed by atoms with Gasteiger partial charge in [-0.1, -0.05) is 0 Å². The number of aliphatic hydroxyl groups excluding tert-OH is 1. The predicted octanol–water partition coefficient (Wildman–Crippen LogP) is 3.87. The van der Waals surface area contributed by atoms with Crippen LogP contribution in [0.3, 0.4) is 0 Å². The number of nitrogens with zero attached hydrogens (tertiary/aromatic N) is 5. The smallest absolute Gasteiger partial charge is 0.333 e. The number of nitrogens with one attached hydrogen (secondary N) is 2. The summed E-state index contributed by atoms with van der Waals surface area (Å²) < 4.78 is 53.9. The van der Waals surface area contributed by atoms with Crippen LogP contribution < -0.4 is 15.5 Å². The topological polar surface area (TPSA) is 158 Å². The fraction of sp³-hybridized carbons (Fsp3) is 0.440. The molecule has 1 atom stereocenters. The molecular weight excluding hydrogens is 548 g/mol. The Hall–Kier alpha value is -3.37. The van der Waals surface area contributed by atoms with Crippen LogP contribution in [0.2, 0.25) is 0 Å². The first-order valence-corrected chi connectivity index (χ1v) is 14.3. The summed E-state index contributed by atoms with van der Waals surface area (Å²) in [5, 5.41) is 17.6. The number of aromatic nitrogens is 4. The summed E-state index contributed by atoms with van der Waals surface area (Å²) in [4.78, 5) is 23.5. The van der Waals surface area contributed by atoms with Crippen LogP contribution in [0.4, 0.5) is 25.1 Å². The van der Waals surface area contributed by atoms with Crippen LogP contribution in [0.1, 0.15) is 32.0 Å². The molecule has 5 rings (SSSR count). The predicted molar refractivity (Wildman–Crippen MR) is 145 cm³/mol. The minimum absolute atomic E-state index is 0.00754. The van der Waals surface area contributed by atoms with Crippen molar-refractivity contribution < 1.29 is 32.5 Å². The van der Waals surface area contributed by atoms with E-state index in [1.807, 2.05) is 6.92 Å². The molecule has 3 aromatic rings. The van der Waals surface area contributed by atoms with E-state index < -0.39 is 27.9 Å². The maximum atomic E-state index is 13.2. The highest BCUT2D eigenvalue weighted by atomic mass is 32.3. The monoisotopic (exact) mass is 579 g/mol. The Morgan fingerprint density at radius 1 is 1.25 bits per heavy atom. The maximum Gasteiger partial charge on any atom is 0.333 e. The first-order valence-electron chi connectivity index (χ1n) is 12.7. The SMILES string of the molecule is C[C@H]1COCCN1c1cc(C2(S(O)(O)c3cnn(C(F)F)c3)CC2)nc(-c2ccc(NC(=O)NCCO)cc2)n1. The van der Waals surface area contributed by atoms with Crippen LogP contribution >= 0.6 is 10.6 Å². The van der Waals surface area contributed by atoms with Crippen molar-refractivity contribution in [3.63, 3.8) is 0 Å². The van der Waals surface area contributed by atoms with E-state index in [4.69, 9.17) is 19.8 Å². The molecule has 1 aliphatic carbocycles. The quantitative estimate of drug-likeness (QED) is 0.254. The number of amides is 2. The number of carbonyl (C=O) groups is 1. The number of morpholine rings is 1. The highest BCUT2D eigenvalue weighted by Gasteiger charge is 2.58. The normalized spacial score (nSPS) is 19.0. The Morgan fingerprint density at radius 2 is 2.00 bits per heavy atom. The van der Waals surface area contributed by atoms with Crippen molar-refractivity contribution in [2.45, 2.75) is 42.0 Å². The van der Waals surface area contributed by atoms with Crippen LogP contribution in [0, 0.1) is 0 Å². The van der Waals surface area contributed by atoms with Gasteiger partial charge in [-0.15, -0.1) is 0 Å². The Balaban J connectivity index is 1.52. The summed E-state index contributed by atoms with van der Waals surface area (Å²) in [6.45, 7) is 0.625. The second kappa shape index (κ2) is 11.2. The van der Waals surface area contributed by atoms with E-state index in [9.17, 15) is 22.7 Å². The minimum Gasteiger partial charge on any atom is -0.395 e. The van der Waals surface area contributed by atoms with E-state index in [-0.39, 0.29) is 24.1 Å². The number of halogens is 2. The highest BCUT2D eigenvalue weighted by molar-refractivity contribution is 8.25. The van der Waals surface area contributed by atoms with Gasteiger partial charge in [-0.3, -0.25) is 9.11 Å². The van der Waals surface area contributed by atoms with E-state index in [2.05, 4.69) is 20.6 Å². The maximum absolute atomic E-state index is 13.2. The van der Waals surface area contributed by atoms with Gasteiger partial charge in [0, 0.05) is 30.4 Å². The van der Waals surface area contributed by atoms with Gasteiger partial charge in [-0.05, 0) is 44.0 Å². The lowest BCUT2D eigenvalue weighted by Gasteiger charge is -2.40. The molecule has 1 aromatic carbocycles. The standard InChI is InChI=1S/C25H31F2N7O5S/c1-16-15-39-11-9-33(16)21-12-20(25(6-7-25)40(37,38)19-13-29-34(14-19)23(26)27)31-22(32-21)17-2-4-18(5-3-17)30-24(36)28-8-10-35/h2-5,12-14,16,23,35,37-38H,6-11,15H2,1H3,(H2,28,30,36)/t16-/m0/s1. The summed E-state index contributed by atoms with van der Waals surface area (Å²) in [5.41, 5.74) is 1.55. The molecule has 0 bridgehead atoms. The summed E-state index contributed by atoms with van der Waals surface area (Å²) in [6, 6.07) is 8.12. The summed E-state index contributed by atoms with van der Waals surface area (Å²) in [7, 11) is -3.60. The third-order valence-electron chi connectivity index (χ3n) is 7.00. The van der Waals surface area contributed by atoms with Crippen molar-refractivity contribution in [2.24, 2.45) is 0 Å². The number of carbonyl (C=O) groups excluding carboxylic acids is 1. The van der Waals surface area contributed by atoms with Crippen molar-refractivity contribution >= 4 is 28.1 Å². The summed E-state index contributed by atoms with van der Waals surface area (Å²) in [6.07, 6.45) is 2.83. The van der Waals surface area contributed by atoms with Crippen LogP contribution in [-0.2, 0) is 9.48 Å². The third kappa shape index (κ3) is 5.47. The molecule has 2 fully saturated rings. The molecule has 3 heterocycles. The van der Waals surface area contributed by atoms with Gasteiger partial charge in [0.25, 0.3) is 0 Å². The molecule has 216 valence electrons. The number of ether oxygens (including phenoxy) is 1. The summed E-state index contributed by atoms with van der Waals surface area (Å²) >= 11 is 0. The molecule has 0 radical (unpaired) electrons. The van der Waals surface area contributed by atoms with E-state index in [0.717, 1.165) is 12.4 Å². The van der Waals surface area contributed by atoms with Crippen molar-refractivity contribution in [1.29, 1.82) is 0 Å². The molecule has 15 heteroatoms. The molecule has 5 N–H and O–H groups in total. The van der Waals surface area contributed by atoms with Gasteiger partial charge in [-0.2, -0.15) is 24.5 Å². The molecule has 2 aromatic heterocycles. The van der Waals surface area contributed by atoms with Crippen LogP contribution in [0.5, 0.6) is 0 Å². The van der Waals surface area contributed by atoms with Gasteiger partial charge in [0.15, 0.2) is 5.82 Å². The second-order valence-electron chi connectivity index (χ2n) is 9.71. The van der Waals surface area contributed by atoms with Gasteiger partial charge in [-0.25, -0.2) is 19.4 Å². The van der Waals surface area contributed by atoms with Gasteiger partial charge >= 0.3 is 12.6 Å². The Labute approximate surface area is 230 Å². The average Bonchev–Trinajstić information content (AvgIpc) is 3.61. The van der Waals surface area contributed by atoms with E-state index >= 15 is 0 Å². The molecule has 1 saturated heterocycles. The van der Waals surface area contributed by atoms with Crippen LogP contribution in [0.15, 0.2) is 47.6 Å². The number of anilines is 2. The molecule has 0 spiro atoms. The molecule has 40 heavy (non-hydrogen) atoms. The van der Waals surface area contributed by atoms with Crippen molar-refractivity contribution in [1.82, 2.24) is 25.1 Å². The lowest BCUT2D eigenvalue weighted by atomic mass is 10.1. The zero-order valence-electron chi connectivity index (χ0n) is 21.7. The fourth-order valence-corrected chi connectivity index (χ4v) is 6.63. The third-order valence-corrected chi connectivity index (χ3v) is 9.57. The van der Waals surface area contributed by atoms with Gasteiger partial charge in [0.1, 0.15) is 10.6 Å². The second-order valence-corrected chi connectivity index (χ2v) is 12.1. The average molecular weight is 580 g/mol. The number of rotatable bonds is 9. The first-order chi connectivity index (χ1) is 19.1. The van der Waals surface area contributed by atoms with E-state index in [1.54, 1.807) is 30.3 Å². The van der Waals surface area contributed by atoms with Crippen molar-refractivity contribution in [3.05, 3.63) is 48.4 Å². The van der Waals surface area contributed by atoms with E-state index in [1.165, 1.54) is 0 Å². The number of urea groups is 1.